The molecule has 1 amide bonds. The Morgan fingerprint density at radius 3 is 3.04 bits per heavy atom. The molecule has 0 bridgehead atoms. The molecule has 1 aromatic carbocycles. The van der Waals surface area contributed by atoms with Crippen molar-refractivity contribution in [2.24, 2.45) is 0 Å². The number of nitrogens with one attached hydrogen (secondary N) is 1. The van der Waals surface area contributed by atoms with E-state index in [1.165, 1.54) is 18.2 Å². The number of carbonyl (C=O) groups excluding carboxylic acids is 1. The Kier molecular flexibility index (Phi) is 6.65. The number of thioether (sulfide) groups is 1. The first-order valence-corrected chi connectivity index (χ1v) is 10.5. The highest BCUT2D eigenvalue weighted by Gasteiger charge is 2.29. The molecule has 27 heavy (non-hydrogen) atoms. The predicted octanol–water partition coefficient (Wildman–Crippen LogP) is 4.41. The number of H-pyrrole nitrogens is 1. The first-order chi connectivity index (χ1) is 13.0. The van der Waals surface area contributed by atoms with Gasteiger partial charge in [0.2, 0.25) is 11.1 Å². The maximum atomic E-state index is 12.9. The third-order valence-electron chi connectivity index (χ3n) is 4.89. The zero-order valence-electron chi connectivity index (χ0n) is 15.9. The summed E-state index contributed by atoms with van der Waals surface area (Å²) in [6, 6.07) is 5.69. The molecule has 0 saturated carbocycles. The number of hydrogen-bond donors (Lipinski definition) is 1. The lowest BCUT2D eigenvalue weighted by Crippen LogP contribution is -2.46. The van der Waals surface area contributed by atoms with Crippen LogP contribution < -0.4 is 4.74 Å². The number of nitrogens with zero attached hydrogens (tertiary/aromatic N) is 3. The van der Waals surface area contributed by atoms with Gasteiger partial charge in [0.15, 0.2) is 5.82 Å². The fraction of sp³-hybridized carbons (Fsp3) is 0.526. The summed E-state index contributed by atoms with van der Waals surface area (Å²) in [6.45, 7) is 4.92. The number of aromatic amines is 1. The smallest absolute Gasteiger partial charge is 0.236 e. The van der Waals surface area contributed by atoms with Gasteiger partial charge in [0, 0.05) is 17.6 Å². The van der Waals surface area contributed by atoms with Crippen molar-refractivity contribution in [1.82, 2.24) is 20.1 Å². The Morgan fingerprint density at radius 2 is 2.30 bits per heavy atom. The second kappa shape index (κ2) is 8.97. The zero-order chi connectivity index (χ0) is 19.4. The molecule has 0 aliphatic carbocycles. The average molecular weight is 409 g/mol. The van der Waals surface area contributed by atoms with Crippen molar-refractivity contribution in [3.63, 3.8) is 0 Å². The number of aromatic nitrogens is 3. The number of benzene rings is 1. The van der Waals surface area contributed by atoms with E-state index in [0.717, 1.165) is 31.4 Å². The second-order valence-corrected chi connectivity index (χ2v) is 8.41. The van der Waals surface area contributed by atoms with Crippen LogP contribution in [0.2, 0.25) is 5.02 Å². The highest BCUT2D eigenvalue weighted by molar-refractivity contribution is 8.00. The van der Waals surface area contributed by atoms with Gasteiger partial charge in [-0.05, 0) is 50.8 Å². The Morgan fingerprint density at radius 1 is 1.48 bits per heavy atom. The molecular formula is C19H25ClN4O2S. The van der Waals surface area contributed by atoms with E-state index < -0.39 is 0 Å². The maximum Gasteiger partial charge on any atom is 0.236 e. The molecule has 2 heterocycles. The minimum Gasteiger partial charge on any atom is -0.496 e. The van der Waals surface area contributed by atoms with Gasteiger partial charge in [0.1, 0.15) is 5.75 Å². The molecule has 1 aliphatic heterocycles. The third kappa shape index (κ3) is 4.58. The van der Waals surface area contributed by atoms with E-state index in [1.54, 1.807) is 25.3 Å². The molecule has 3 rings (SSSR count). The molecule has 1 aliphatic rings. The van der Waals surface area contributed by atoms with Gasteiger partial charge in [-0.1, -0.05) is 30.3 Å². The Bertz CT molecular complexity index is 798. The maximum absolute atomic E-state index is 12.9. The Hall–Kier alpha value is -1.73. The molecule has 8 heteroatoms. The SMILES string of the molecule is CCC1CCCCN1C(=O)C(C)Sc1n[nH]c(-c2cc(Cl)ccc2OC)n1. The number of hydrogen-bond acceptors (Lipinski definition) is 5. The number of amides is 1. The van der Waals surface area contributed by atoms with Gasteiger partial charge in [0.05, 0.1) is 17.9 Å². The molecular weight excluding hydrogens is 384 g/mol. The summed E-state index contributed by atoms with van der Waals surface area (Å²) < 4.78 is 5.37. The minimum atomic E-state index is -0.234. The number of carbonyl (C=O) groups is 1. The van der Waals surface area contributed by atoms with Crippen molar-refractivity contribution in [3.05, 3.63) is 23.2 Å². The highest BCUT2D eigenvalue weighted by Crippen LogP contribution is 2.32. The number of likely N-dealkylation sites (tertiary alicyclic amines) is 1. The van der Waals surface area contributed by atoms with E-state index in [2.05, 4.69) is 22.1 Å². The molecule has 2 atom stereocenters. The van der Waals surface area contributed by atoms with Crippen molar-refractivity contribution in [3.8, 4) is 17.1 Å². The molecule has 146 valence electrons. The summed E-state index contributed by atoms with van der Waals surface area (Å²) in [6.07, 6.45) is 4.38. The number of methoxy groups -OCH3 is 1. The topological polar surface area (TPSA) is 71.1 Å². The second-order valence-electron chi connectivity index (χ2n) is 6.66. The fourth-order valence-electron chi connectivity index (χ4n) is 3.44. The Balaban J connectivity index is 1.72. The summed E-state index contributed by atoms with van der Waals surface area (Å²) >= 11 is 7.47. The molecule has 0 radical (unpaired) electrons. The lowest BCUT2D eigenvalue weighted by atomic mass is 10.00. The van der Waals surface area contributed by atoms with Gasteiger partial charge in [-0.2, -0.15) is 0 Å². The van der Waals surface area contributed by atoms with E-state index in [-0.39, 0.29) is 11.2 Å². The summed E-state index contributed by atoms with van der Waals surface area (Å²) in [5, 5.41) is 8.08. The molecule has 1 N–H and O–H groups in total. The average Bonchev–Trinajstić information content (AvgIpc) is 3.15. The van der Waals surface area contributed by atoms with Crippen LogP contribution in [0.5, 0.6) is 5.75 Å². The van der Waals surface area contributed by atoms with Crippen LogP contribution in [0.1, 0.15) is 39.5 Å². The quantitative estimate of drug-likeness (QED) is 0.717. The number of ether oxygens (including phenoxy) is 1. The van der Waals surface area contributed by atoms with Crippen LogP contribution in [0.25, 0.3) is 11.4 Å². The molecule has 6 nitrogen and oxygen atoms in total. The predicted molar refractivity (Wildman–Crippen MR) is 108 cm³/mol. The monoisotopic (exact) mass is 408 g/mol. The van der Waals surface area contributed by atoms with E-state index >= 15 is 0 Å². The van der Waals surface area contributed by atoms with Gasteiger partial charge >= 0.3 is 0 Å². The van der Waals surface area contributed by atoms with Crippen LogP contribution in [-0.4, -0.2) is 50.9 Å². The summed E-state index contributed by atoms with van der Waals surface area (Å²) in [7, 11) is 1.60. The largest absolute Gasteiger partial charge is 0.496 e. The first-order valence-electron chi connectivity index (χ1n) is 9.27. The van der Waals surface area contributed by atoms with E-state index in [9.17, 15) is 4.79 Å². The van der Waals surface area contributed by atoms with Gasteiger partial charge in [-0.3, -0.25) is 9.89 Å². The summed E-state index contributed by atoms with van der Waals surface area (Å²) in [5.41, 5.74) is 0.741. The van der Waals surface area contributed by atoms with Crippen molar-refractivity contribution in [2.75, 3.05) is 13.7 Å². The fourth-order valence-corrected chi connectivity index (χ4v) is 4.41. The van der Waals surface area contributed by atoms with Crippen LogP contribution in [0.4, 0.5) is 0 Å². The first kappa shape index (κ1) is 20.0. The zero-order valence-corrected chi connectivity index (χ0v) is 17.4. The van der Waals surface area contributed by atoms with Crippen LogP contribution in [0.3, 0.4) is 0 Å². The summed E-state index contributed by atoms with van der Waals surface area (Å²) in [5.74, 6) is 1.40. The van der Waals surface area contributed by atoms with E-state index in [1.807, 2.05) is 11.8 Å². The number of piperidine rings is 1. The van der Waals surface area contributed by atoms with Crippen LogP contribution >= 0.6 is 23.4 Å². The Labute approximate surface area is 169 Å². The molecule has 1 fully saturated rings. The van der Waals surface area contributed by atoms with Gasteiger partial charge in [-0.15, -0.1) is 5.10 Å². The number of halogens is 1. The molecule has 2 aromatic rings. The normalized spacial score (nSPS) is 18.4. The third-order valence-corrected chi connectivity index (χ3v) is 6.08. The van der Waals surface area contributed by atoms with E-state index in [0.29, 0.717) is 27.8 Å². The van der Waals surface area contributed by atoms with Crippen LogP contribution in [0.15, 0.2) is 23.4 Å². The van der Waals surface area contributed by atoms with Crippen LogP contribution in [-0.2, 0) is 4.79 Å². The van der Waals surface area contributed by atoms with Crippen molar-refractivity contribution in [1.29, 1.82) is 0 Å². The molecule has 0 spiro atoms. The summed E-state index contributed by atoms with van der Waals surface area (Å²) in [4.78, 5) is 19.5. The van der Waals surface area contributed by atoms with Crippen LogP contribution in [0, 0.1) is 0 Å². The highest BCUT2D eigenvalue weighted by atomic mass is 35.5. The van der Waals surface area contributed by atoms with Crippen molar-refractivity contribution < 1.29 is 9.53 Å². The van der Waals surface area contributed by atoms with Crippen molar-refractivity contribution >= 4 is 29.3 Å². The van der Waals surface area contributed by atoms with Gasteiger partial charge < -0.3 is 9.64 Å². The standard InChI is InChI=1S/C19H25ClN4O2S/c1-4-14-7-5-6-10-24(14)18(25)12(2)27-19-21-17(22-23-19)15-11-13(20)8-9-16(15)26-3/h8-9,11-12,14H,4-7,10H2,1-3H3,(H,21,22,23). The lowest BCUT2D eigenvalue weighted by molar-refractivity contribution is -0.134. The molecule has 1 aromatic heterocycles. The minimum absolute atomic E-state index is 0.165. The molecule has 2 unspecified atom stereocenters. The van der Waals surface area contributed by atoms with Gasteiger partial charge in [0.25, 0.3) is 0 Å². The number of rotatable bonds is 6. The molecule has 1 saturated heterocycles. The van der Waals surface area contributed by atoms with E-state index in [4.69, 9.17) is 16.3 Å². The van der Waals surface area contributed by atoms with Crippen molar-refractivity contribution in [2.45, 2.75) is 56.0 Å². The van der Waals surface area contributed by atoms with Gasteiger partial charge in [-0.25, -0.2) is 4.98 Å². The lowest BCUT2D eigenvalue weighted by Gasteiger charge is -2.36.